The number of unbranched alkanes of at least 4 members (excludes halogenated alkanes) is 3. The lowest BCUT2D eigenvalue weighted by molar-refractivity contribution is 0.175. The Hall–Kier alpha value is -2.09. The van der Waals surface area contributed by atoms with Crippen LogP contribution < -0.4 is 14.8 Å². The molecule has 0 saturated heterocycles. The van der Waals surface area contributed by atoms with Crippen LogP contribution in [0.3, 0.4) is 0 Å². The van der Waals surface area contributed by atoms with Gasteiger partial charge in [0.2, 0.25) is 0 Å². The summed E-state index contributed by atoms with van der Waals surface area (Å²) >= 11 is 0. The maximum absolute atomic E-state index is 11.6. The van der Waals surface area contributed by atoms with Crippen LogP contribution >= 0.6 is 0 Å². The number of rotatable bonds is 16. The van der Waals surface area contributed by atoms with Crippen LogP contribution in [0.2, 0.25) is 0 Å². The third-order valence-electron chi connectivity index (χ3n) is 7.45. The van der Waals surface area contributed by atoms with Gasteiger partial charge in [-0.2, -0.15) is 0 Å². The van der Waals surface area contributed by atoms with E-state index in [1.165, 1.54) is 74.6 Å². The topological polar surface area (TPSA) is 67.9 Å². The summed E-state index contributed by atoms with van der Waals surface area (Å²) in [6.45, 7) is 6.58. The van der Waals surface area contributed by atoms with Gasteiger partial charge in [0, 0.05) is 17.9 Å². The number of nitrogens with zero attached hydrogens (tertiary/aromatic N) is 1. The predicted molar refractivity (Wildman–Crippen MR) is 152 cm³/mol. The first kappa shape index (κ1) is 29.5. The monoisotopic (exact) mass is 530 g/mol. The molecule has 0 saturated carbocycles. The maximum Gasteiger partial charge on any atom is 0.175 e. The molecule has 1 aliphatic rings. The zero-order valence-electron chi connectivity index (χ0n) is 23.2. The van der Waals surface area contributed by atoms with Gasteiger partial charge in [-0.05, 0) is 100 Å². The molecule has 0 heterocycles. The molecule has 0 amide bonds. The van der Waals surface area contributed by atoms with Gasteiger partial charge in [0.15, 0.2) is 21.3 Å². The van der Waals surface area contributed by atoms with Gasteiger partial charge >= 0.3 is 0 Å². The smallest absolute Gasteiger partial charge is 0.175 e. The molecule has 0 radical (unpaired) electrons. The molecule has 1 aliphatic carbocycles. The van der Waals surface area contributed by atoms with Crippen LogP contribution in [0.25, 0.3) is 0 Å². The fourth-order valence-corrected chi connectivity index (χ4v) is 6.05. The Balaban J connectivity index is 1.33. The number of nitrogens with one attached hydrogen (secondary N) is 1. The molecular weight excluding hydrogens is 484 g/mol. The molecule has 6 nitrogen and oxygen atoms in total. The van der Waals surface area contributed by atoms with Gasteiger partial charge in [0.25, 0.3) is 0 Å². The van der Waals surface area contributed by atoms with Crippen molar-refractivity contribution in [3.8, 4) is 11.5 Å². The van der Waals surface area contributed by atoms with Crippen LogP contribution in [-0.2, 0) is 29.1 Å². The Morgan fingerprint density at radius 1 is 0.946 bits per heavy atom. The summed E-state index contributed by atoms with van der Waals surface area (Å²) < 4.78 is 34.3. The molecule has 1 N–H and O–H groups in total. The van der Waals surface area contributed by atoms with Crippen LogP contribution in [0.1, 0.15) is 62.1 Å². The molecule has 206 valence electrons. The predicted octanol–water partition coefficient (Wildman–Crippen LogP) is 5.07. The van der Waals surface area contributed by atoms with Gasteiger partial charge < -0.3 is 19.7 Å². The molecule has 37 heavy (non-hydrogen) atoms. The van der Waals surface area contributed by atoms with Crippen LogP contribution in [0.4, 0.5) is 0 Å². The third kappa shape index (κ3) is 8.72. The summed E-state index contributed by atoms with van der Waals surface area (Å²) in [5.74, 6) is 1.75. The number of sulfone groups is 1. The molecular formula is C30H46N2O4S. The van der Waals surface area contributed by atoms with E-state index in [1.807, 2.05) is 18.2 Å². The van der Waals surface area contributed by atoms with Crippen LogP contribution in [0.15, 0.2) is 41.3 Å². The van der Waals surface area contributed by atoms with Gasteiger partial charge in [-0.1, -0.05) is 38.0 Å². The number of methoxy groups -OCH3 is 2. The van der Waals surface area contributed by atoms with Crippen LogP contribution in [0, 0.1) is 0 Å². The van der Waals surface area contributed by atoms with Gasteiger partial charge in [-0.3, -0.25) is 0 Å². The first-order valence-corrected chi connectivity index (χ1v) is 15.7. The van der Waals surface area contributed by atoms with Gasteiger partial charge in [-0.15, -0.1) is 0 Å². The lowest BCUT2D eigenvalue weighted by atomic mass is 9.86. The summed E-state index contributed by atoms with van der Waals surface area (Å²) in [7, 11) is 0.328. The molecule has 0 spiro atoms. The Kier molecular flexibility index (Phi) is 11.7. The van der Waals surface area contributed by atoms with E-state index in [-0.39, 0.29) is 0 Å². The third-order valence-corrected chi connectivity index (χ3v) is 8.58. The quantitative estimate of drug-likeness (QED) is 0.306. The number of ether oxygens (including phenoxy) is 2. The van der Waals surface area contributed by atoms with Crippen molar-refractivity contribution in [2.24, 2.45) is 0 Å². The van der Waals surface area contributed by atoms with Crippen LogP contribution in [0.5, 0.6) is 11.5 Å². The first-order valence-electron chi connectivity index (χ1n) is 13.8. The first-order chi connectivity index (χ1) is 17.9. The summed E-state index contributed by atoms with van der Waals surface area (Å²) in [5, 5.41) is 3.53. The van der Waals surface area contributed by atoms with E-state index in [1.54, 1.807) is 26.4 Å². The molecule has 1 atom stereocenters. The SMILES string of the molecule is CCCN(CCCCCCNCCc1ccc(S(C)(=O)=O)cc1)[C@@H]1CCc2c(ccc(OC)c2OC)C1. The lowest BCUT2D eigenvalue weighted by Crippen LogP contribution is -2.40. The number of fused-ring (bicyclic) bond motifs is 1. The minimum atomic E-state index is -3.12. The highest BCUT2D eigenvalue weighted by Crippen LogP contribution is 2.38. The van der Waals surface area contributed by atoms with Crippen molar-refractivity contribution in [2.45, 2.75) is 75.6 Å². The largest absolute Gasteiger partial charge is 0.493 e. The summed E-state index contributed by atoms with van der Waals surface area (Å²) in [4.78, 5) is 3.10. The number of hydrogen-bond acceptors (Lipinski definition) is 6. The maximum atomic E-state index is 11.6. The van der Waals surface area contributed by atoms with E-state index in [2.05, 4.69) is 23.2 Å². The molecule has 0 fully saturated rings. The van der Waals surface area contributed by atoms with Crippen molar-refractivity contribution in [2.75, 3.05) is 46.7 Å². The molecule has 2 aromatic carbocycles. The van der Waals surface area contributed by atoms with Crippen molar-refractivity contribution in [3.63, 3.8) is 0 Å². The molecule has 0 aliphatic heterocycles. The molecule has 2 aromatic rings. The molecule has 7 heteroatoms. The van der Waals surface area contributed by atoms with Crippen molar-refractivity contribution < 1.29 is 17.9 Å². The zero-order chi connectivity index (χ0) is 26.7. The Morgan fingerprint density at radius 2 is 1.70 bits per heavy atom. The second kappa shape index (κ2) is 14.7. The minimum Gasteiger partial charge on any atom is -0.493 e. The average Bonchev–Trinajstić information content (AvgIpc) is 2.90. The summed E-state index contributed by atoms with van der Waals surface area (Å²) in [6, 6.07) is 12.1. The van der Waals surface area contributed by atoms with Crippen molar-refractivity contribution in [1.82, 2.24) is 10.2 Å². The number of hydrogen-bond donors (Lipinski definition) is 1. The molecule has 0 bridgehead atoms. The van der Waals surface area contributed by atoms with E-state index in [4.69, 9.17) is 9.47 Å². The molecule has 0 unspecified atom stereocenters. The second-order valence-electron chi connectivity index (χ2n) is 10.2. The van der Waals surface area contributed by atoms with Gasteiger partial charge in [0.1, 0.15) is 0 Å². The van der Waals surface area contributed by atoms with Crippen LogP contribution in [-0.4, -0.2) is 66.0 Å². The highest BCUT2D eigenvalue weighted by Gasteiger charge is 2.27. The summed E-state index contributed by atoms with van der Waals surface area (Å²) in [5.41, 5.74) is 3.90. The fourth-order valence-electron chi connectivity index (χ4n) is 5.42. The number of benzene rings is 2. The second-order valence-corrected chi connectivity index (χ2v) is 12.2. The zero-order valence-corrected chi connectivity index (χ0v) is 24.0. The lowest BCUT2D eigenvalue weighted by Gasteiger charge is -2.36. The standard InChI is InChI=1S/C30H46N2O4S/c1-5-21-32(26-13-16-28-25(23-26)12-17-29(35-2)30(28)36-3)22-9-7-6-8-19-31-20-18-24-10-14-27(15-11-24)37(4,33)34/h10-12,14-15,17,26,31H,5-9,13,16,18-23H2,1-4H3/t26-/m1/s1. The highest BCUT2D eigenvalue weighted by molar-refractivity contribution is 7.90. The van der Waals surface area contributed by atoms with E-state index in [0.29, 0.717) is 10.9 Å². The van der Waals surface area contributed by atoms with E-state index < -0.39 is 9.84 Å². The Labute approximate surface area is 224 Å². The highest BCUT2D eigenvalue weighted by atomic mass is 32.2. The Morgan fingerprint density at radius 3 is 2.38 bits per heavy atom. The van der Waals surface area contributed by atoms with Crippen molar-refractivity contribution >= 4 is 9.84 Å². The van der Waals surface area contributed by atoms with E-state index in [9.17, 15) is 8.42 Å². The minimum absolute atomic E-state index is 0.385. The van der Waals surface area contributed by atoms with E-state index in [0.717, 1.165) is 43.9 Å². The summed E-state index contributed by atoms with van der Waals surface area (Å²) in [6.07, 6.45) is 11.6. The molecule has 0 aromatic heterocycles. The normalized spacial score (nSPS) is 15.5. The molecule has 3 rings (SSSR count). The Bertz CT molecular complexity index is 1070. The average molecular weight is 531 g/mol. The fraction of sp³-hybridized carbons (Fsp3) is 0.600. The van der Waals surface area contributed by atoms with Crippen molar-refractivity contribution in [1.29, 1.82) is 0 Å². The van der Waals surface area contributed by atoms with Gasteiger partial charge in [0.05, 0.1) is 19.1 Å². The van der Waals surface area contributed by atoms with Gasteiger partial charge in [-0.25, -0.2) is 8.42 Å². The van der Waals surface area contributed by atoms with Crippen molar-refractivity contribution in [3.05, 3.63) is 53.1 Å². The van der Waals surface area contributed by atoms with E-state index >= 15 is 0 Å².